The Kier molecular flexibility index (Phi) is 4.42. The summed E-state index contributed by atoms with van der Waals surface area (Å²) in [5, 5.41) is 20.3. The smallest absolute Gasteiger partial charge is 0.333 e. The molecule has 0 aromatic heterocycles. The molecule has 26 heavy (non-hydrogen) atoms. The Hall–Kier alpha value is -2.37. The highest BCUT2D eigenvalue weighted by molar-refractivity contribution is 8.03. The highest BCUT2D eigenvalue weighted by Gasteiger charge is 2.59. The number of hydrogen-bond acceptors (Lipinski definition) is 4. The Morgan fingerprint density at radius 1 is 1.04 bits per heavy atom. The molecule has 0 aliphatic heterocycles. The Balaban J connectivity index is 1.60. The van der Waals surface area contributed by atoms with Crippen LogP contribution in [0, 0.1) is 17.8 Å². The van der Waals surface area contributed by atoms with Crippen LogP contribution in [-0.4, -0.2) is 22.0 Å². The van der Waals surface area contributed by atoms with E-state index in [1.807, 2.05) is 48.5 Å². The first-order chi connectivity index (χ1) is 12.6. The van der Waals surface area contributed by atoms with E-state index in [9.17, 15) is 19.8 Å². The van der Waals surface area contributed by atoms with Crippen LogP contribution in [-0.2, 0) is 9.59 Å². The van der Waals surface area contributed by atoms with Gasteiger partial charge in [-0.05, 0) is 30.0 Å². The van der Waals surface area contributed by atoms with Crippen molar-refractivity contribution in [1.29, 1.82) is 0 Å². The van der Waals surface area contributed by atoms with Crippen molar-refractivity contribution < 1.29 is 19.8 Å². The molecule has 0 bridgehead atoms. The van der Waals surface area contributed by atoms with Gasteiger partial charge in [0.1, 0.15) is 5.78 Å². The summed E-state index contributed by atoms with van der Waals surface area (Å²) in [5.74, 6) is -2.47. The summed E-state index contributed by atoms with van der Waals surface area (Å²) in [4.78, 5) is 26.2. The molecule has 132 valence electrons. The summed E-state index contributed by atoms with van der Waals surface area (Å²) < 4.78 is 0. The minimum atomic E-state index is -1.03. The van der Waals surface area contributed by atoms with Crippen molar-refractivity contribution in [1.82, 2.24) is 0 Å². The van der Waals surface area contributed by atoms with Crippen molar-refractivity contribution in [3.05, 3.63) is 76.7 Å². The van der Waals surface area contributed by atoms with Crippen LogP contribution in [0.1, 0.15) is 18.1 Å². The summed E-state index contributed by atoms with van der Waals surface area (Å²) in [5.41, 5.74) is 0.913. The quantitative estimate of drug-likeness (QED) is 0.844. The maximum Gasteiger partial charge on any atom is 0.333 e. The van der Waals surface area contributed by atoms with E-state index in [1.165, 1.54) is 11.8 Å². The number of benzene rings is 2. The van der Waals surface area contributed by atoms with Gasteiger partial charge >= 0.3 is 5.97 Å². The Morgan fingerprint density at radius 3 is 2.27 bits per heavy atom. The number of thioether (sulfide) groups is 1. The lowest BCUT2D eigenvalue weighted by Gasteiger charge is -2.42. The fraction of sp³-hybridized carbons (Fsp3) is 0.238. The van der Waals surface area contributed by atoms with Crippen molar-refractivity contribution >= 4 is 23.5 Å². The molecule has 0 spiro atoms. The minimum Gasteiger partial charge on any atom is -0.478 e. The summed E-state index contributed by atoms with van der Waals surface area (Å²) in [6.07, 6.45) is -0.368. The van der Waals surface area contributed by atoms with E-state index in [1.54, 1.807) is 12.1 Å². The molecule has 0 amide bonds. The van der Waals surface area contributed by atoms with Gasteiger partial charge in [-0.15, -0.1) is 0 Å². The monoisotopic (exact) mass is 366 g/mol. The van der Waals surface area contributed by atoms with Gasteiger partial charge in [0.25, 0.3) is 0 Å². The molecule has 2 aliphatic rings. The number of fused-ring (bicyclic) bond motifs is 1. The molecule has 5 heteroatoms. The van der Waals surface area contributed by atoms with Crippen molar-refractivity contribution in [2.24, 2.45) is 17.8 Å². The first-order valence-electron chi connectivity index (χ1n) is 8.54. The Bertz CT molecular complexity index is 875. The molecule has 2 aromatic rings. The number of carbonyl (C=O) groups excluding carboxylic acids is 1. The maximum atomic E-state index is 12.7. The number of carbonyl (C=O) groups is 2. The fourth-order valence-corrected chi connectivity index (χ4v) is 5.22. The molecule has 0 saturated heterocycles. The van der Waals surface area contributed by atoms with Crippen molar-refractivity contribution in [2.75, 3.05) is 0 Å². The lowest BCUT2D eigenvalue weighted by molar-refractivity contribution is -0.150. The van der Waals surface area contributed by atoms with Crippen LogP contribution >= 0.6 is 11.8 Å². The molecule has 2 N–H and O–H groups in total. The highest BCUT2D eigenvalue weighted by atomic mass is 32.2. The number of hydrogen-bond donors (Lipinski definition) is 2. The topological polar surface area (TPSA) is 74.6 Å². The second-order valence-electron chi connectivity index (χ2n) is 6.69. The number of aliphatic carboxylic acids is 1. The standard InChI is InChI=1S/C21H18O4S/c22-19(12-7-3-1-4-8-12)17-14-11-15(26-13-9-5-2-6-10-13)18(21(24)25)16(14)20(17)23/h1-10,14,16-17,19,22H,11H2,(H,24,25). The zero-order valence-electron chi connectivity index (χ0n) is 13.9. The first-order valence-corrected chi connectivity index (χ1v) is 9.35. The first kappa shape index (κ1) is 17.1. The molecular formula is C21H18O4S. The van der Waals surface area contributed by atoms with E-state index in [0.717, 1.165) is 9.80 Å². The number of ketones is 1. The molecule has 1 saturated carbocycles. The molecule has 0 heterocycles. The van der Waals surface area contributed by atoms with Gasteiger partial charge in [0, 0.05) is 9.80 Å². The van der Waals surface area contributed by atoms with Gasteiger partial charge < -0.3 is 10.2 Å². The molecule has 0 radical (unpaired) electrons. The third-order valence-electron chi connectivity index (χ3n) is 5.25. The predicted molar refractivity (Wildman–Crippen MR) is 98.5 cm³/mol. The predicted octanol–water partition coefficient (Wildman–Crippen LogP) is 3.69. The summed E-state index contributed by atoms with van der Waals surface area (Å²) in [6, 6.07) is 18.7. The van der Waals surface area contributed by atoms with Crippen molar-refractivity contribution in [3.8, 4) is 0 Å². The van der Waals surface area contributed by atoms with E-state index in [4.69, 9.17) is 0 Å². The second-order valence-corrected chi connectivity index (χ2v) is 7.85. The van der Waals surface area contributed by atoms with Crippen molar-refractivity contribution in [2.45, 2.75) is 17.4 Å². The molecule has 2 aromatic carbocycles. The molecule has 4 nitrogen and oxygen atoms in total. The van der Waals surface area contributed by atoms with E-state index < -0.39 is 23.9 Å². The number of aliphatic hydroxyl groups excluding tert-OH is 1. The molecular weight excluding hydrogens is 348 g/mol. The molecule has 1 fully saturated rings. The van der Waals surface area contributed by atoms with Gasteiger partial charge in [-0.3, -0.25) is 4.79 Å². The fourth-order valence-electron chi connectivity index (χ4n) is 4.04. The summed E-state index contributed by atoms with van der Waals surface area (Å²) in [7, 11) is 0. The molecule has 4 unspecified atom stereocenters. The van der Waals surface area contributed by atoms with Gasteiger partial charge in [-0.1, -0.05) is 60.3 Å². The zero-order chi connectivity index (χ0) is 18.3. The van der Waals surface area contributed by atoms with Crippen LogP contribution in [0.25, 0.3) is 0 Å². The lowest BCUT2D eigenvalue weighted by atomic mass is 9.60. The second kappa shape index (κ2) is 6.74. The average Bonchev–Trinajstić information content (AvgIpc) is 2.98. The van der Waals surface area contributed by atoms with E-state index in [0.29, 0.717) is 12.0 Å². The van der Waals surface area contributed by atoms with E-state index in [-0.39, 0.29) is 17.3 Å². The molecule has 4 atom stereocenters. The number of allylic oxidation sites excluding steroid dienone is 1. The van der Waals surface area contributed by atoms with E-state index >= 15 is 0 Å². The van der Waals surface area contributed by atoms with Gasteiger partial charge in [0.05, 0.1) is 23.5 Å². The lowest BCUT2D eigenvalue weighted by Crippen LogP contribution is -2.49. The maximum absolute atomic E-state index is 12.7. The zero-order valence-corrected chi connectivity index (χ0v) is 14.7. The van der Waals surface area contributed by atoms with Crippen LogP contribution in [0.5, 0.6) is 0 Å². The van der Waals surface area contributed by atoms with Gasteiger partial charge in [-0.25, -0.2) is 4.79 Å². The summed E-state index contributed by atoms with van der Waals surface area (Å²) in [6.45, 7) is 0. The Morgan fingerprint density at radius 2 is 1.65 bits per heavy atom. The molecule has 4 rings (SSSR count). The number of carboxylic acid groups (broad SMARTS) is 1. The molecule has 2 aliphatic carbocycles. The van der Waals surface area contributed by atoms with Crippen LogP contribution in [0.15, 0.2) is 76.0 Å². The number of aliphatic hydroxyl groups is 1. The van der Waals surface area contributed by atoms with Crippen LogP contribution in [0.4, 0.5) is 0 Å². The normalized spacial score (nSPS) is 25.6. The number of carboxylic acids is 1. The average molecular weight is 366 g/mol. The van der Waals surface area contributed by atoms with Crippen LogP contribution in [0.2, 0.25) is 0 Å². The van der Waals surface area contributed by atoms with Gasteiger partial charge in [0.2, 0.25) is 0 Å². The largest absolute Gasteiger partial charge is 0.478 e. The third kappa shape index (κ3) is 2.77. The third-order valence-corrected chi connectivity index (χ3v) is 6.39. The highest BCUT2D eigenvalue weighted by Crippen LogP contribution is 2.58. The van der Waals surface area contributed by atoms with Crippen LogP contribution in [0.3, 0.4) is 0 Å². The van der Waals surface area contributed by atoms with E-state index in [2.05, 4.69) is 0 Å². The van der Waals surface area contributed by atoms with Gasteiger partial charge in [0.15, 0.2) is 0 Å². The minimum absolute atomic E-state index is 0.144. The SMILES string of the molecule is O=C(O)C1=C(Sc2ccccc2)CC2C1C(=O)C2C(O)c1ccccc1. The summed E-state index contributed by atoms with van der Waals surface area (Å²) >= 11 is 1.41. The van der Waals surface area contributed by atoms with Gasteiger partial charge in [-0.2, -0.15) is 0 Å². The number of Topliss-reactive ketones (excluding diaryl/α,β-unsaturated/α-hetero) is 1. The van der Waals surface area contributed by atoms with Crippen molar-refractivity contribution in [3.63, 3.8) is 0 Å². The Labute approximate surface area is 155 Å². The number of rotatable bonds is 5. The van der Waals surface area contributed by atoms with Crippen LogP contribution < -0.4 is 0 Å².